The van der Waals surface area contributed by atoms with Crippen molar-refractivity contribution in [1.29, 1.82) is 0 Å². The van der Waals surface area contributed by atoms with Crippen molar-refractivity contribution in [2.45, 2.75) is 37.4 Å². The predicted molar refractivity (Wildman–Crippen MR) is 148 cm³/mol. The van der Waals surface area contributed by atoms with E-state index in [0.29, 0.717) is 12.2 Å². The Balaban J connectivity index is 1.69. The highest BCUT2D eigenvalue weighted by atomic mass is 32.2. The van der Waals surface area contributed by atoms with Gasteiger partial charge in [-0.05, 0) is 42.0 Å². The molecule has 1 aromatic heterocycles. The van der Waals surface area contributed by atoms with Crippen molar-refractivity contribution < 1.29 is 24.3 Å². The average Bonchev–Trinajstić information content (AvgIpc) is 3.32. The number of fused-ring (bicyclic) bond motifs is 1. The van der Waals surface area contributed by atoms with Crippen LogP contribution in [0.4, 0.5) is 0 Å². The zero-order valence-electron chi connectivity index (χ0n) is 21.1. The Kier molecular flexibility index (Phi) is 10.7. The molecule has 10 nitrogen and oxygen atoms in total. The lowest BCUT2D eigenvalue weighted by Gasteiger charge is -2.24. The molecule has 0 saturated carbocycles. The molecule has 0 saturated heterocycles. The van der Waals surface area contributed by atoms with Crippen LogP contribution in [0.2, 0.25) is 0 Å². The number of benzene rings is 2. The van der Waals surface area contributed by atoms with Crippen molar-refractivity contribution in [2.75, 3.05) is 18.6 Å². The molecule has 3 unspecified atom stereocenters. The summed E-state index contributed by atoms with van der Waals surface area (Å²) in [6, 6.07) is 13.9. The molecular formula is C27H33N5O5S. The van der Waals surface area contributed by atoms with Crippen molar-refractivity contribution >= 4 is 46.4 Å². The third kappa shape index (κ3) is 8.35. The summed E-state index contributed by atoms with van der Waals surface area (Å²) in [4.78, 5) is 53.1. The van der Waals surface area contributed by atoms with Crippen molar-refractivity contribution in [3.05, 3.63) is 71.9 Å². The van der Waals surface area contributed by atoms with E-state index >= 15 is 0 Å². The number of carbonyl (C=O) groups excluding carboxylic acids is 3. The molecule has 0 fully saturated rings. The Morgan fingerprint density at radius 2 is 1.61 bits per heavy atom. The van der Waals surface area contributed by atoms with Crippen LogP contribution in [0.3, 0.4) is 0 Å². The van der Waals surface area contributed by atoms with Gasteiger partial charge in [-0.3, -0.25) is 19.2 Å². The molecule has 3 atom stereocenters. The van der Waals surface area contributed by atoms with Gasteiger partial charge in [-0.15, -0.1) is 0 Å². The van der Waals surface area contributed by atoms with Crippen LogP contribution in [0.5, 0.6) is 0 Å². The van der Waals surface area contributed by atoms with Gasteiger partial charge in [0.25, 0.3) is 0 Å². The third-order valence-electron chi connectivity index (χ3n) is 6.02. The summed E-state index contributed by atoms with van der Waals surface area (Å²) in [5.74, 6) is -2.26. The Morgan fingerprint density at radius 3 is 2.32 bits per heavy atom. The van der Waals surface area contributed by atoms with E-state index in [1.807, 2.05) is 42.8 Å². The highest BCUT2D eigenvalue weighted by Gasteiger charge is 2.28. The molecule has 38 heavy (non-hydrogen) atoms. The monoisotopic (exact) mass is 539 g/mol. The lowest BCUT2D eigenvalue weighted by atomic mass is 10.0. The average molecular weight is 540 g/mol. The molecule has 11 heteroatoms. The number of amides is 3. The fourth-order valence-corrected chi connectivity index (χ4v) is 4.50. The van der Waals surface area contributed by atoms with Gasteiger partial charge in [0.15, 0.2) is 0 Å². The van der Waals surface area contributed by atoms with Crippen molar-refractivity contribution in [2.24, 2.45) is 5.73 Å². The Bertz CT molecular complexity index is 1250. The fraction of sp³-hybridized carbons (Fsp3) is 0.333. The van der Waals surface area contributed by atoms with Crippen LogP contribution < -0.4 is 21.7 Å². The second kappa shape index (κ2) is 14.2. The lowest BCUT2D eigenvalue weighted by Crippen LogP contribution is -2.56. The number of nitrogens with two attached hydrogens (primary N) is 1. The van der Waals surface area contributed by atoms with Gasteiger partial charge in [0.05, 0.1) is 6.04 Å². The number of hydrogen-bond acceptors (Lipinski definition) is 6. The van der Waals surface area contributed by atoms with E-state index in [1.165, 1.54) is 11.8 Å². The van der Waals surface area contributed by atoms with Crippen LogP contribution in [-0.4, -0.2) is 70.5 Å². The number of thioether (sulfide) groups is 1. The van der Waals surface area contributed by atoms with Crippen LogP contribution in [0.15, 0.2) is 60.8 Å². The van der Waals surface area contributed by atoms with Crippen molar-refractivity contribution in [3.63, 3.8) is 0 Å². The molecular weight excluding hydrogens is 506 g/mol. The van der Waals surface area contributed by atoms with E-state index in [4.69, 9.17) is 10.8 Å². The first-order chi connectivity index (χ1) is 18.3. The molecule has 3 aromatic rings. The van der Waals surface area contributed by atoms with Gasteiger partial charge in [0.1, 0.15) is 18.6 Å². The number of carbonyl (C=O) groups is 4. The smallest absolute Gasteiger partial charge is 0.322 e. The number of carboxylic acid groups (broad SMARTS) is 1. The largest absolute Gasteiger partial charge is 0.480 e. The number of aliphatic carboxylic acids is 1. The van der Waals surface area contributed by atoms with E-state index in [1.54, 1.807) is 24.3 Å². The number of aromatic nitrogens is 1. The zero-order chi connectivity index (χ0) is 27.5. The minimum atomic E-state index is -1.20. The minimum absolute atomic E-state index is 0.154. The van der Waals surface area contributed by atoms with Crippen LogP contribution in [0, 0.1) is 0 Å². The summed E-state index contributed by atoms with van der Waals surface area (Å²) < 4.78 is 0. The van der Waals surface area contributed by atoms with E-state index in [2.05, 4.69) is 20.9 Å². The van der Waals surface area contributed by atoms with Crippen LogP contribution >= 0.6 is 11.8 Å². The molecule has 3 rings (SSSR count). The molecule has 202 valence electrons. The first kappa shape index (κ1) is 28.7. The van der Waals surface area contributed by atoms with Gasteiger partial charge < -0.3 is 31.8 Å². The van der Waals surface area contributed by atoms with E-state index in [9.17, 15) is 19.2 Å². The Hall–Kier alpha value is -3.83. The van der Waals surface area contributed by atoms with Crippen LogP contribution in [0.25, 0.3) is 10.9 Å². The maximum atomic E-state index is 13.3. The summed E-state index contributed by atoms with van der Waals surface area (Å²) in [6.45, 7) is -0.574. The second-order valence-corrected chi connectivity index (χ2v) is 9.86. The molecule has 0 aliphatic rings. The maximum Gasteiger partial charge on any atom is 0.322 e. The number of aromatic amines is 1. The first-order valence-corrected chi connectivity index (χ1v) is 13.6. The fourth-order valence-electron chi connectivity index (χ4n) is 4.03. The van der Waals surface area contributed by atoms with Gasteiger partial charge in [-0.1, -0.05) is 48.5 Å². The molecule has 0 radical (unpaired) electrons. The van der Waals surface area contributed by atoms with Gasteiger partial charge in [-0.25, -0.2) is 0 Å². The molecule has 0 aliphatic heterocycles. The van der Waals surface area contributed by atoms with E-state index in [0.717, 1.165) is 22.0 Å². The highest BCUT2D eigenvalue weighted by Crippen LogP contribution is 2.19. The normalized spacial score (nSPS) is 13.3. The SMILES string of the molecule is CSCCC(NC(=O)C(N)Cc1c[nH]c2ccccc12)C(=O)NC(Cc1ccccc1)C(=O)NCC(=O)O. The molecule has 2 aromatic carbocycles. The molecule has 0 bridgehead atoms. The highest BCUT2D eigenvalue weighted by molar-refractivity contribution is 7.98. The van der Waals surface area contributed by atoms with Gasteiger partial charge >= 0.3 is 5.97 Å². The van der Waals surface area contributed by atoms with Gasteiger partial charge in [0, 0.05) is 23.5 Å². The Labute approximate surface area is 225 Å². The molecule has 7 N–H and O–H groups in total. The second-order valence-electron chi connectivity index (χ2n) is 8.88. The number of hydrogen-bond donors (Lipinski definition) is 6. The van der Waals surface area contributed by atoms with Crippen molar-refractivity contribution in [3.8, 4) is 0 Å². The molecule has 0 aliphatic carbocycles. The summed E-state index contributed by atoms with van der Waals surface area (Å²) in [5.41, 5.74) is 8.84. The van der Waals surface area contributed by atoms with Gasteiger partial charge in [-0.2, -0.15) is 11.8 Å². The number of para-hydroxylation sites is 1. The summed E-state index contributed by atoms with van der Waals surface area (Å²) in [5, 5.41) is 17.7. The minimum Gasteiger partial charge on any atom is -0.480 e. The third-order valence-corrected chi connectivity index (χ3v) is 6.67. The number of nitrogens with one attached hydrogen (secondary N) is 4. The predicted octanol–water partition coefficient (Wildman–Crippen LogP) is 1.20. The molecule has 1 heterocycles. The zero-order valence-corrected chi connectivity index (χ0v) is 21.9. The maximum absolute atomic E-state index is 13.3. The molecule has 3 amide bonds. The quantitative estimate of drug-likeness (QED) is 0.179. The Morgan fingerprint density at radius 1 is 0.921 bits per heavy atom. The van der Waals surface area contributed by atoms with Gasteiger partial charge in [0.2, 0.25) is 17.7 Å². The van der Waals surface area contributed by atoms with E-state index in [-0.39, 0.29) is 12.8 Å². The number of H-pyrrole nitrogens is 1. The first-order valence-electron chi connectivity index (χ1n) is 12.2. The lowest BCUT2D eigenvalue weighted by molar-refractivity contribution is -0.138. The molecule has 0 spiro atoms. The van der Waals surface area contributed by atoms with Crippen LogP contribution in [0.1, 0.15) is 17.5 Å². The van der Waals surface area contributed by atoms with Crippen LogP contribution in [-0.2, 0) is 32.0 Å². The van der Waals surface area contributed by atoms with E-state index < -0.39 is 48.4 Å². The summed E-state index contributed by atoms with van der Waals surface area (Å²) >= 11 is 1.52. The van der Waals surface area contributed by atoms with Crippen molar-refractivity contribution in [1.82, 2.24) is 20.9 Å². The number of rotatable bonds is 14. The summed E-state index contributed by atoms with van der Waals surface area (Å²) in [7, 11) is 0. The standard InChI is InChI=1S/C27H33N5O5S/c1-38-12-11-22(31-25(35)20(28)14-18-15-29-21-10-6-5-9-19(18)21)27(37)32-23(26(36)30-16-24(33)34)13-17-7-3-2-4-8-17/h2-10,15,20,22-23,29H,11-14,16,28H2,1H3,(H,30,36)(H,31,35)(H,32,37)(H,33,34). The topological polar surface area (TPSA) is 166 Å². The number of carboxylic acids is 1. The summed E-state index contributed by atoms with van der Waals surface area (Å²) in [6.07, 6.45) is 4.46.